The summed E-state index contributed by atoms with van der Waals surface area (Å²) >= 11 is 0. The molecule has 0 aromatic carbocycles. The summed E-state index contributed by atoms with van der Waals surface area (Å²) in [5.41, 5.74) is 0. The van der Waals surface area contributed by atoms with Gasteiger partial charge >= 0.3 is 0 Å². The van der Waals surface area contributed by atoms with E-state index in [1.165, 1.54) is 0 Å². The van der Waals surface area contributed by atoms with Gasteiger partial charge in [0.2, 0.25) is 0 Å². The standard InChI is InChI=1S/C6H11F2N.C2H6/c1-2-3-9-4-6(7,8)5-9;1-2/h2-5H2,1H3;1-2H3. The second kappa shape index (κ2) is 4.65. The van der Waals surface area contributed by atoms with E-state index in [-0.39, 0.29) is 13.1 Å². The second-order valence-corrected chi connectivity index (χ2v) is 2.57. The van der Waals surface area contributed by atoms with Gasteiger partial charge < -0.3 is 0 Å². The lowest BCUT2D eigenvalue weighted by molar-refractivity contribution is -0.130. The van der Waals surface area contributed by atoms with Crippen LogP contribution in [0.25, 0.3) is 0 Å². The minimum Gasteiger partial charge on any atom is -0.291 e. The van der Waals surface area contributed by atoms with E-state index in [0.29, 0.717) is 0 Å². The van der Waals surface area contributed by atoms with Gasteiger partial charge in [-0.05, 0) is 13.0 Å². The molecule has 0 spiro atoms. The fourth-order valence-corrected chi connectivity index (χ4v) is 1.08. The Hall–Kier alpha value is -0.180. The van der Waals surface area contributed by atoms with Crippen LogP contribution in [0.1, 0.15) is 27.2 Å². The number of alkyl halides is 2. The second-order valence-electron chi connectivity index (χ2n) is 2.57. The van der Waals surface area contributed by atoms with E-state index in [0.717, 1.165) is 13.0 Å². The predicted octanol–water partition coefficient (Wildman–Crippen LogP) is 2.37. The molecule has 11 heavy (non-hydrogen) atoms. The zero-order valence-electron chi connectivity index (χ0n) is 7.53. The molecule has 3 heteroatoms. The molecule has 0 amide bonds. The van der Waals surface area contributed by atoms with Crippen molar-refractivity contribution in [2.75, 3.05) is 19.6 Å². The van der Waals surface area contributed by atoms with Crippen LogP contribution in [0.2, 0.25) is 0 Å². The van der Waals surface area contributed by atoms with Crippen LogP contribution in [-0.2, 0) is 0 Å². The third-order valence-electron chi connectivity index (χ3n) is 1.45. The molecule has 1 aliphatic heterocycles. The zero-order valence-corrected chi connectivity index (χ0v) is 7.53. The topological polar surface area (TPSA) is 3.24 Å². The summed E-state index contributed by atoms with van der Waals surface area (Å²) in [5, 5.41) is 0. The Balaban J connectivity index is 0.000000461. The Morgan fingerprint density at radius 3 is 2.00 bits per heavy atom. The quantitative estimate of drug-likeness (QED) is 0.607. The lowest BCUT2D eigenvalue weighted by Gasteiger charge is -2.38. The van der Waals surface area contributed by atoms with Crippen LogP contribution in [0, 0.1) is 0 Å². The Morgan fingerprint density at radius 1 is 1.27 bits per heavy atom. The molecule has 1 heterocycles. The fraction of sp³-hybridized carbons (Fsp3) is 1.00. The third kappa shape index (κ3) is 3.65. The Kier molecular flexibility index (Phi) is 4.57. The lowest BCUT2D eigenvalue weighted by atomic mass is 10.1. The summed E-state index contributed by atoms with van der Waals surface area (Å²) in [4.78, 5) is 1.76. The molecule has 0 atom stereocenters. The average Bonchev–Trinajstić information content (AvgIpc) is 1.89. The van der Waals surface area contributed by atoms with Crippen molar-refractivity contribution >= 4 is 0 Å². The minimum atomic E-state index is -2.38. The predicted molar refractivity (Wildman–Crippen MR) is 43.0 cm³/mol. The summed E-state index contributed by atoms with van der Waals surface area (Å²) in [5.74, 6) is -2.38. The monoisotopic (exact) mass is 165 g/mol. The molecule has 0 aliphatic carbocycles. The van der Waals surface area contributed by atoms with Gasteiger partial charge in [-0.1, -0.05) is 20.8 Å². The third-order valence-corrected chi connectivity index (χ3v) is 1.45. The first-order valence-electron chi connectivity index (χ1n) is 4.24. The summed E-state index contributed by atoms with van der Waals surface area (Å²) in [6.45, 7) is 6.76. The van der Waals surface area contributed by atoms with Gasteiger partial charge in [-0.15, -0.1) is 0 Å². The van der Waals surface area contributed by atoms with Crippen molar-refractivity contribution in [1.29, 1.82) is 0 Å². The number of halogens is 2. The van der Waals surface area contributed by atoms with Gasteiger partial charge in [0, 0.05) is 0 Å². The number of likely N-dealkylation sites (tertiary alicyclic amines) is 1. The molecule has 0 unspecified atom stereocenters. The van der Waals surface area contributed by atoms with Crippen molar-refractivity contribution < 1.29 is 8.78 Å². The zero-order chi connectivity index (χ0) is 8.91. The molecule has 0 N–H and O–H groups in total. The van der Waals surface area contributed by atoms with Gasteiger partial charge in [0.15, 0.2) is 0 Å². The van der Waals surface area contributed by atoms with Crippen LogP contribution in [0.3, 0.4) is 0 Å². The highest BCUT2D eigenvalue weighted by atomic mass is 19.3. The Morgan fingerprint density at radius 2 is 1.73 bits per heavy atom. The summed E-state index contributed by atoms with van der Waals surface area (Å²) in [7, 11) is 0. The molecule has 0 bridgehead atoms. The van der Waals surface area contributed by atoms with Crippen molar-refractivity contribution in [3.05, 3.63) is 0 Å². The number of rotatable bonds is 2. The van der Waals surface area contributed by atoms with Crippen molar-refractivity contribution in [3.8, 4) is 0 Å². The Bertz CT molecular complexity index is 96.3. The smallest absolute Gasteiger partial charge is 0.272 e. The number of hydrogen-bond acceptors (Lipinski definition) is 1. The largest absolute Gasteiger partial charge is 0.291 e. The highest BCUT2D eigenvalue weighted by Crippen LogP contribution is 2.25. The maximum Gasteiger partial charge on any atom is 0.272 e. The minimum absolute atomic E-state index is 0.0269. The number of nitrogens with zero attached hydrogens (tertiary/aromatic N) is 1. The maximum absolute atomic E-state index is 12.1. The van der Waals surface area contributed by atoms with Gasteiger partial charge in [0.25, 0.3) is 5.92 Å². The van der Waals surface area contributed by atoms with Crippen LogP contribution in [-0.4, -0.2) is 30.5 Å². The molecular weight excluding hydrogens is 148 g/mol. The normalized spacial score (nSPS) is 21.5. The first-order chi connectivity index (χ1) is 5.14. The fourth-order valence-electron chi connectivity index (χ4n) is 1.08. The summed E-state index contributed by atoms with van der Waals surface area (Å²) < 4.78 is 24.1. The first kappa shape index (κ1) is 10.8. The lowest BCUT2D eigenvalue weighted by Crippen LogP contribution is -2.56. The van der Waals surface area contributed by atoms with E-state index in [1.807, 2.05) is 20.8 Å². The molecule has 0 radical (unpaired) electrons. The van der Waals surface area contributed by atoms with E-state index in [9.17, 15) is 8.78 Å². The molecule has 1 aliphatic rings. The molecule has 0 saturated carbocycles. The molecule has 0 aromatic rings. The molecule has 1 rings (SSSR count). The molecule has 0 aromatic heterocycles. The van der Waals surface area contributed by atoms with Gasteiger partial charge in [0.05, 0.1) is 13.1 Å². The van der Waals surface area contributed by atoms with Crippen molar-refractivity contribution in [1.82, 2.24) is 4.90 Å². The van der Waals surface area contributed by atoms with E-state index in [4.69, 9.17) is 0 Å². The van der Waals surface area contributed by atoms with E-state index >= 15 is 0 Å². The van der Waals surface area contributed by atoms with Crippen LogP contribution in [0.4, 0.5) is 8.78 Å². The highest BCUT2D eigenvalue weighted by molar-refractivity contribution is 4.86. The molecule has 1 fully saturated rings. The van der Waals surface area contributed by atoms with Gasteiger partial charge in [-0.3, -0.25) is 4.90 Å². The molecule has 1 nitrogen and oxygen atoms in total. The summed E-state index contributed by atoms with van der Waals surface area (Å²) in [6.07, 6.45) is 0.968. The number of hydrogen-bond donors (Lipinski definition) is 0. The van der Waals surface area contributed by atoms with E-state index in [1.54, 1.807) is 4.90 Å². The highest BCUT2D eigenvalue weighted by Gasteiger charge is 2.42. The van der Waals surface area contributed by atoms with E-state index < -0.39 is 5.92 Å². The SMILES string of the molecule is CC.CCCN1CC(F)(F)C1. The van der Waals surface area contributed by atoms with Gasteiger partial charge in [-0.25, -0.2) is 8.78 Å². The van der Waals surface area contributed by atoms with Gasteiger partial charge in [-0.2, -0.15) is 0 Å². The van der Waals surface area contributed by atoms with Crippen LogP contribution < -0.4 is 0 Å². The van der Waals surface area contributed by atoms with Crippen LogP contribution in [0.5, 0.6) is 0 Å². The summed E-state index contributed by atoms with van der Waals surface area (Å²) in [6, 6.07) is 0. The van der Waals surface area contributed by atoms with E-state index in [2.05, 4.69) is 0 Å². The van der Waals surface area contributed by atoms with Crippen LogP contribution >= 0.6 is 0 Å². The van der Waals surface area contributed by atoms with Crippen LogP contribution in [0.15, 0.2) is 0 Å². The van der Waals surface area contributed by atoms with Gasteiger partial charge in [0.1, 0.15) is 0 Å². The maximum atomic E-state index is 12.1. The Labute approximate surface area is 67.4 Å². The molecule has 1 saturated heterocycles. The van der Waals surface area contributed by atoms with Crippen molar-refractivity contribution in [2.24, 2.45) is 0 Å². The molecule has 68 valence electrons. The average molecular weight is 165 g/mol. The van der Waals surface area contributed by atoms with Crippen molar-refractivity contribution in [3.63, 3.8) is 0 Å². The molecular formula is C8H17F2N. The van der Waals surface area contributed by atoms with Crippen molar-refractivity contribution in [2.45, 2.75) is 33.1 Å². The first-order valence-corrected chi connectivity index (χ1v) is 4.24.